The van der Waals surface area contributed by atoms with Gasteiger partial charge in [0.15, 0.2) is 0 Å². The van der Waals surface area contributed by atoms with Crippen molar-refractivity contribution in [3.8, 4) is 11.1 Å². The molecule has 4 rings (SSSR count). The Bertz CT molecular complexity index is 1020. The van der Waals surface area contributed by atoms with Gasteiger partial charge >= 0.3 is 0 Å². The normalized spacial score (nSPS) is 18.7. The predicted molar refractivity (Wildman–Crippen MR) is 127 cm³/mol. The first-order valence-electron chi connectivity index (χ1n) is 11.0. The molecule has 1 saturated heterocycles. The fraction of sp³-hybridized carbons (Fsp3) is 0.385. The van der Waals surface area contributed by atoms with Gasteiger partial charge in [-0.3, -0.25) is 0 Å². The molecule has 1 fully saturated rings. The van der Waals surface area contributed by atoms with Crippen LogP contribution in [0.4, 0.5) is 0 Å². The van der Waals surface area contributed by atoms with E-state index in [1.165, 1.54) is 5.39 Å². The molecule has 4 nitrogen and oxygen atoms in total. The second-order valence-corrected chi connectivity index (χ2v) is 8.57. The number of rotatable bonds is 8. The van der Waals surface area contributed by atoms with Crippen LogP contribution in [0.3, 0.4) is 0 Å². The summed E-state index contributed by atoms with van der Waals surface area (Å²) in [7, 11) is 1.70. The molecule has 1 aliphatic heterocycles. The molecule has 2 atom stereocenters. The van der Waals surface area contributed by atoms with Gasteiger partial charge in [-0.05, 0) is 53.3 Å². The first kappa shape index (κ1) is 22.3. The lowest BCUT2D eigenvalue weighted by molar-refractivity contribution is -0.129. The highest BCUT2D eigenvalue weighted by Crippen LogP contribution is 2.42. The van der Waals surface area contributed by atoms with E-state index in [9.17, 15) is 5.11 Å². The first-order chi connectivity index (χ1) is 15.1. The minimum absolute atomic E-state index is 0.346. The molecule has 2 N–H and O–H groups in total. The molecule has 0 saturated carbocycles. The number of nitrogens with one attached hydrogen (secondary N) is 1. The fourth-order valence-electron chi connectivity index (χ4n) is 4.51. The third-order valence-electron chi connectivity index (χ3n) is 6.13. The van der Waals surface area contributed by atoms with Crippen molar-refractivity contribution in [2.24, 2.45) is 0 Å². The summed E-state index contributed by atoms with van der Waals surface area (Å²) < 4.78 is 11.3. The van der Waals surface area contributed by atoms with Crippen LogP contribution < -0.4 is 5.32 Å². The Balaban J connectivity index is 1.80. The van der Waals surface area contributed by atoms with Crippen LogP contribution in [-0.4, -0.2) is 44.6 Å². The third-order valence-corrected chi connectivity index (χ3v) is 6.45. The Morgan fingerprint density at radius 1 is 1.10 bits per heavy atom. The van der Waals surface area contributed by atoms with Crippen LogP contribution in [0.15, 0.2) is 60.7 Å². The topological polar surface area (TPSA) is 50.7 Å². The number of benzene rings is 3. The molecular weight excluding hydrogens is 410 g/mol. The Kier molecular flexibility index (Phi) is 7.26. The van der Waals surface area contributed by atoms with Gasteiger partial charge in [0.1, 0.15) is 11.7 Å². The Morgan fingerprint density at radius 3 is 2.71 bits per heavy atom. The highest BCUT2D eigenvalue weighted by molar-refractivity contribution is 6.33. The maximum atomic E-state index is 12.1. The molecule has 0 aliphatic carbocycles. The molecule has 0 amide bonds. The zero-order valence-corrected chi connectivity index (χ0v) is 18.7. The predicted octanol–water partition coefficient (Wildman–Crippen LogP) is 5.15. The van der Waals surface area contributed by atoms with E-state index in [0.29, 0.717) is 31.2 Å². The van der Waals surface area contributed by atoms with Crippen LogP contribution in [0.2, 0.25) is 5.02 Å². The van der Waals surface area contributed by atoms with Crippen LogP contribution >= 0.6 is 11.6 Å². The zero-order valence-electron chi connectivity index (χ0n) is 17.9. The number of hydrogen-bond acceptors (Lipinski definition) is 4. The minimum Gasteiger partial charge on any atom is -0.385 e. The van der Waals surface area contributed by atoms with Gasteiger partial charge < -0.3 is 19.9 Å². The largest absolute Gasteiger partial charge is 0.385 e. The number of ether oxygens (including phenoxy) is 2. The van der Waals surface area contributed by atoms with E-state index in [1.807, 2.05) is 30.3 Å². The molecule has 0 bridgehead atoms. The Morgan fingerprint density at radius 2 is 1.94 bits per heavy atom. The number of hydrogen-bond donors (Lipinski definition) is 2. The fourth-order valence-corrected chi connectivity index (χ4v) is 4.79. The average molecular weight is 440 g/mol. The first-order valence-corrected chi connectivity index (χ1v) is 11.3. The van der Waals surface area contributed by atoms with E-state index in [-0.39, 0.29) is 6.10 Å². The number of fused-ring (bicyclic) bond motifs is 1. The average Bonchev–Trinajstić information content (AvgIpc) is 2.82. The van der Waals surface area contributed by atoms with Gasteiger partial charge in [0.25, 0.3) is 0 Å². The van der Waals surface area contributed by atoms with E-state index < -0.39 is 5.60 Å². The summed E-state index contributed by atoms with van der Waals surface area (Å²) >= 11 is 6.76. The molecule has 0 aromatic heterocycles. The van der Waals surface area contributed by atoms with Crippen molar-refractivity contribution in [3.05, 3.63) is 71.2 Å². The quantitative estimate of drug-likeness (QED) is 0.476. The summed E-state index contributed by atoms with van der Waals surface area (Å²) in [4.78, 5) is 0. The summed E-state index contributed by atoms with van der Waals surface area (Å²) in [6, 6.07) is 20.4. The van der Waals surface area contributed by atoms with E-state index >= 15 is 0 Å². The second kappa shape index (κ2) is 10.1. The maximum absolute atomic E-state index is 12.1. The smallest absolute Gasteiger partial charge is 0.118 e. The molecular formula is C26H30ClNO3. The summed E-state index contributed by atoms with van der Waals surface area (Å²) in [6.45, 7) is 2.65. The van der Waals surface area contributed by atoms with Crippen LogP contribution in [0.5, 0.6) is 0 Å². The lowest BCUT2D eigenvalue weighted by Gasteiger charge is -2.40. The van der Waals surface area contributed by atoms with E-state index in [4.69, 9.17) is 21.1 Å². The molecule has 31 heavy (non-hydrogen) atoms. The molecule has 1 heterocycles. The summed E-state index contributed by atoms with van der Waals surface area (Å²) in [5.74, 6) is 0. The lowest BCUT2D eigenvalue weighted by atomic mass is 9.79. The summed E-state index contributed by atoms with van der Waals surface area (Å²) in [6.07, 6.45) is 1.93. The number of unbranched alkanes of at least 4 members (excludes halogenated alkanes) is 1. The van der Waals surface area contributed by atoms with Gasteiger partial charge in [-0.15, -0.1) is 0 Å². The number of methoxy groups -OCH3 is 1. The summed E-state index contributed by atoms with van der Waals surface area (Å²) in [5, 5.41) is 18.4. The summed E-state index contributed by atoms with van der Waals surface area (Å²) in [5.41, 5.74) is 1.53. The molecule has 0 unspecified atom stereocenters. The molecule has 3 aromatic carbocycles. The second-order valence-electron chi connectivity index (χ2n) is 8.16. The van der Waals surface area contributed by atoms with Crippen LogP contribution in [-0.2, 0) is 15.1 Å². The van der Waals surface area contributed by atoms with Gasteiger partial charge in [0.05, 0.1) is 6.61 Å². The number of halogens is 1. The highest BCUT2D eigenvalue weighted by Gasteiger charge is 2.41. The number of morpholine rings is 1. The molecule has 164 valence electrons. The third kappa shape index (κ3) is 4.79. The Labute approximate surface area is 189 Å². The van der Waals surface area contributed by atoms with Crippen LogP contribution in [0.1, 0.15) is 24.8 Å². The number of aliphatic hydroxyl groups is 1. The monoisotopic (exact) mass is 439 g/mol. The standard InChI is InChI=1S/C26H30ClNO3/c1-30-15-5-4-13-26(29,24-18-28-14-16-31-24)22-9-6-10-23(27)25(22)21-12-11-19-7-2-3-8-20(19)17-21/h2-3,6-12,17,24,28-29H,4-5,13-16,18H2,1H3/t24-,26-/m1/s1. The van der Waals surface area contributed by atoms with E-state index in [1.54, 1.807) is 7.11 Å². The van der Waals surface area contributed by atoms with Crippen molar-refractivity contribution in [3.63, 3.8) is 0 Å². The van der Waals surface area contributed by atoms with Crippen molar-refractivity contribution in [2.75, 3.05) is 33.4 Å². The van der Waals surface area contributed by atoms with Crippen molar-refractivity contribution in [2.45, 2.75) is 31.0 Å². The van der Waals surface area contributed by atoms with Crippen molar-refractivity contribution in [1.82, 2.24) is 5.32 Å². The van der Waals surface area contributed by atoms with Gasteiger partial charge in [-0.25, -0.2) is 0 Å². The molecule has 1 aliphatic rings. The van der Waals surface area contributed by atoms with E-state index in [2.05, 4.69) is 35.6 Å². The van der Waals surface area contributed by atoms with Gasteiger partial charge in [0, 0.05) is 37.4 Å². The van der Waals surface area contributed by atoms with Crippen molar-refractivity contribution < 1.29 is 14.6 Å². The minimum atomic E-state index is -1.16. The maximum Gasteiger partial charge on any atom is 0.118 e. The van der Waals surface area contributed by atoms with Crippen molar-refractivity contribution in [1.29, 1.82) is 0 Å². The van der Waals surface area contributed by atoms with Gasteiger partial charge in [-0.1, -0.05) is 60.1 Å². The van der Waals surface area contributed by atoms with Crippen LogP contribution in [0.25, 0.3) is 21.9 Å². The highest BCUT2D eigenvalue weighted by atomic mass is 35.5. The van der Waals surface area contributed by atoms with Gasteiger partial charge in [-0.2, -0.15) is 0 Å². The Hall–Kier alpha value is -1.95. The van der Waals surface area contributed by atoms with E-state index in [0.717, 1.165) is 41.5 Å². The van der Waals surface area contributed by atoms with Gasteiger partial charge in [0.2, 0.25) is 0 Å². The van der Waals surface area contributed by atoms with Crippen LogP contribution in [0, 0.1) is 0 Å². The SMILES string of the molecule is COCCCC[C@@](O)(c1cccc(Cl)c1-c1ccc2ccccc2c1)[C@H]1CNCCO1. The van der Waals surface area contributed by atoms with Crippen molar-refractivity contribution >= 4 is 22.4 Å². The molecule has 5 heteroatoms. The molecule has 3 aromatic rings. The zero-order chi connectivity index (χ0) is 21.7. The molecule has 0 radical (unpaired) electrons. The lowest BCUT2D eigenvalue weighted by Crippen LogP contribution is -2.51. The molecule has 0 spiro atoms.